The summed E-state index contributed by atoms with van der Waals surface area (Å²) >= 11 is 1.65. The van der Waals surface area contributed by atoms with Gasteiger partial charge in [0.1, 0.15) is 10.8 Å². The van der Waals surface area contributed by atoms with Gasteiger partial charge in [-0.25, -0.2) is 14.5 Å². The molecule has 0 saturated heterocycles. The predicted octanol–water partition coefficient (Wildman–Crippen LogP) is 6.58. The summed E-state index contributed by atoms with van der Waals surface area (Å²) in [7, 11) is 0. The molecule has 6 heteroatoms. The van der Waals surface area contributed by atoms with E-state index in [0.29, 0.717) is 11.6 Å². The SMILES string of the molecule is Cc1ccc(-c2nc(CSc3nccn4nc(-c5cc(C)ccc5C)cc34)c(C)o2)cc1. The maximum Gasteiger partial charge on any atom is 0.226 e. The van der Waals surface area contributed by atoms with E-state index >= 15 is 0 Å². The fraction of sp³-hybridized carbons (Fsp3) is 0.192. The van der Waals surface area contributed by atoms with Crippen LogP contribution in [0.25, 0.3) is 28.2 Å². The van der Waals surface area contributed by atoms with Crippen LogP contribution in [0.4, 0.5) is 0 Å². The first-order valence-corrected chi connectivity index (χ1v) is 11.5. The Labute approximate surface area is 191 Å². The minimum atomic E-state index is 0.658. The first-order chi connectivity index (χ1) is 15.5. The number of hydrogen-bond acceptors (Lipinski definition) is 5. The van der Waals surface area contributed by atoms with Gasteiger partial charge in [0.25, 0.3) is 0 Å². The van der Waals surface area contributed by atoms with E-state index in [1.165, 1.54) is 16.7 Å². The Kier molecular flexibility index (Phi) is 5.31. The highest BCUT2D eigenvalue weighted by Crippen LogP contribution is 2.31. The van der Waals surface area contributed by atoms with Crippen molar-refractivity contribution in [2.24, 2.45) is 0 Å². The smallest absolute Gasteiger partial charge is 0.226 e. The average molecular weight is 441 g/mol. The molecule has 0 atom stereocenters. The second-order valence-electron chi connectivity index (χ2n) is 8.09. The summed E-state index contributed by atoms with van der Waals surface area (Å²) in [5.41, 5.74) is 8.68. The van der Waals surface area contributed by atoms with Crippen LogP contribution in [0.5, 0.6) is 0 Å². The maximum absolute atomic E-state index is 5.94. The number of benzene rings is 2. The minimum absolute atomic E-state index is 0.658. The number of oxazole rings is 1. The Morgan fingerprint density at radius 2 is 1.72 bits per heavy atom. The van der Waals surface area contributed by atoms with Crippen LogP contribution < -0.4 is 0 Å². The molecule has 0 aliphatic rings. The molecule has 0 unspecified atom stereocenters. The van der Waals surface area contributed by atoms with Gasteiger partial charge in [0.05, 0.1) is 16.9 Å². The van der Waals surface area contributed by atoms with Crippen LogP contribution in [0.1, 0.15) is 28.1 Å². The lowest BCUT2D eigenvalue weighted by Crippen LogP contribution is -1.92. The van der Waals surface area contributed by atoms with E-state index in [1.807, 2.05) is 29.8 Å². The fourth-order valence-electron chi connectivity index (χ4n) is 3.67. The Hall–Kier alpha value is -3.38. The standard InChI is InChI=1S/C26H24N4OS/c1-16-6-9-20(10-7-16)25-28-23(19(4)31-25)15-32-26-24-14-22(29-30(24)12-11-27-26)21-13-17(2)5-8-18(21)3/h5-14H,15H2,1-4H3. The molecular weight excluding hydrogens is 416 g/mol. The number of thioether (sulfide) groups is 1. The number of hydrogen-bond donors (Lipinski definition) is 0. The van der Waals surface area contributed by atoms with Crippen LogP contribution in [0, 0.1) is 27.7 Å². The van der Waals surface area contributed by atoms with Crippen molar-refractivity contribution in [1.82, 2.24) is 19.6 Å². The molecule has 0 aliphatic heterocycles. The van der Waals surface area contributed by atoms with Gasteiger partial charge in [-0.2, -0.15) is 5.10 Å². The Morgan fingerprint density at radius 1 is 0.938 bits per heavy atom. The first kappa shape index (κ1) is 20.5. The molecular formula is C26H24N4OS. The Morgan fingerprint density at radius 3 is 2.53 bits per heavy atom. The molecule has 32 heavy (non-hydrogen) atoms. The number of fused-ring (bicyclic) bond motifs is 1. The third kappa shape index (κ3) is 3.94. The molecule has 0 bridgehead atoms. The van der Waals surface area contributed by atoms with Crippen LogP contribution in [0.3, 0.4) is 0 Å². The van der Waals surface area contributed by atoms with Gasteiger partial charge in [-0.05, 0) is 57.5 Å². The van der Waals surface area contributed by atoms with Crippen LogP contribution >= 0.6 is 11.8 Å². The Balaban J connectivity index is 1.42. The summed E-state index contributed by atoms with van der Waals surface area (Å²) in [5, 5.41) is 5.72. The molecule has 0 radical (unpaired) electrons. The monoisotopic (exact) mass is 440 g/mol. The van der Waals surface area contributed by atoms with Crippen LogP contribution in [0.15, 0.2) is 70.4 Å². The lowest BCUT2D eigenvalue weighted by atomic mass is 10.0. The van der Waals surface area contributed by atoms with Gasteiger partial charge in [0.15, 0.2) is 0 Å². The van der Waals surface area contributed by atoms with E-state index in [4.69, 9.17) is 14.5 Å². The maximum atomic E-state index is 5.94. The number of rotatable bonds is 5. The van der Waals surface area contributed by atoms with Gasteiger partial charge in [0.2, 0.25) is 5.89 Å². The molecule has 3 aromatic heterocycles. The molecule has 0 aliphatic carbocycles. The summed E-state index contributed by atoms with van der Waals surface area (Å²) in [5.74, 6) is 2.17. The van der Waals surface area contributed by atoms with Crippen molar-refractivity contribution in [3.05, 3.63) is 89.1 Å². The minimum Gasteiger partial charge on any atom is -0.441 e. The zero-order valence-electron chi connectivity index (χ0n) is 18.6. The van der Waals surface area contributed by atoms with Gasteiger partial charge in [-0.15, -0.1) is 0 Å². The van der Waals surface area contributed by atoms with Gasteiger partial charge in [0, 0.05) is 29.3 Å². The lowest BCUT2D eigenvalue weighted by Gasteiger charge is -2.03. The molecule has 0 fully saturated rings. The summed E-state index contributed by atoms with van der Waals surface area (Å²) in [4.78, 5) is 9.36. The van der Waals surface area contributed by atoms with Crippen LogP contribution in [-0.4, -0.2) is 19.6 Å². The third-order valence-electron chi connectivity index (χ3n) is 5.56. The van der Waals surface area contributed by atoms with E-state index in [0.717, 1.165) is 38.8 Å². The number of aryl methyl sites for hydroxylation is 4. The summed E-state index contributed by atoms with van der Waals surface area (Å²) in [6.07, 6.45) is 3.69. The number of aromatic nitrogens is 4. The van der Waals surface area contributed by atoms with E-state index in [2.05, 4.69) is 62.2 Å². The van der Waals surface area contributed by atoms with Gasteiger partial charge in [-0.1, -0.05) is 47.2 Å². The summed E-state index contributed by atoms with van der Waals surface area (Å²) in [6.45, 7) is 8.26. The molecule has 5 rings (SSSR count). The highest BCUT2D eigenvalue weighted by Gasteiger charge is 2.15. The molecule has 0 spiro atoms. The van der Waals surface area contributed by atoms with Crippen molar-refractivity contribution in [2.45, 2.75) is 38.5 Å². The zero-order valence-corrected chi connectivity index (χ0v) is 19.4. The van der Waals surface area contributed by atoms with E-state index in [1.54, 1.807) is 18.0 Å². The van der Waals surface area contributed by atoms with Crippen molar-refractivity contribution in [3.8, 4) is 22.7 Å². The quantitative estimate of drug-likeness (QED) is 0.289. The van der Waals surface area contributed by atoms with Crippen molar-refractivity contribution >= 4 is 17.3 Å². The van der Waals surface area contributed by atoms with Crippen LogP contribution in [0.2, 0.25) is 0 Å². The van der Waals surface area contributed by atoms with Crippen LogP contribution in [-0.2, 0) is 5.75 Å². The third-order valence-corrected chi connectivity index (χ3v) is 6.57. The summed E-state index contributed by atoms with van der Waals surface area (Å²) < 4.78 is 7.84. The molecule has 160 valence electrons. The topological polar surface area (TPSA) is 56.2 Å². The molecule has 0 saturated carbocycles. The predicted molar refractivity (Wildman–Crippen MR) is 129 cm³/mol. The Bertz CT molecular complexity index is 1420. The lowest BCUT2D eigenvalue weighted by molar-refractivity contribution is 0.540. The number of nitrogens with zero attached hydrogens (tertiary/aromatic N) is 4. The van der Waals surface area contributed by atoms with E-state index < -0.39 is 0 Å². The molecule has 0 amide bonds. The largest absolute Gasteiger partial charge is 0.441 e. The molecule has 5 nitrogen and oxygen atoms in total. The molecule has 3 heterocycles. The van der Waals surface area contributed by atoms with Gasteiger partial charge >= 0.3 is 0 Å². The van der Waals surface area contributed by atoms with E-state index in [-0.39, 0.29) is 0 Å². The molecule has 5 aromatic rings. The average Bonchev–Trinajstić information content (AvgIpc) is 3.38. The highest BCUT2D eigenvalue weighted by atomic mass is 32.2. The van der Waals surface area contributed by atoms with Gasteiger partial charge in [-0.3, -0.25) is 0 Å². The molecule has 0 N–H and O–H groups in total. The second kappa shape index (κ2) is 8.28. The van der Waals surface area contributed by atoms with Crippen molar-refractivity contribution in [1.29, 1.82) is 0 Å². The van der Waals surface area contributed by atoms with Crippen molar-refractivity contribution in [2.75, 3.05) is 0 Å². The van der Waals surface area contributed by atoms with E-state index in [9.17, 15) is 0 Å². The van der Waals surface area contributed by atoms with Crippen molar-refractivity contribution < 1.29 is 4.42 Å². The summed E-state index contributed by atoms with van der Waals surface area (Å²) in [6, 6.07) is 16.8. The zero-order chi connectivity index (χ0) is 22.2. The molecule has 2 aromatic carbocycles. The van der Waals surface area contributed by atoms with Gasteiger partial charge < -0.3 is 4.42 Å². The first-order valence-electron chi connectivity index (χ1n) is 10.6. The normalized spacial score (nSPS) is 11.4. The van der Waals surface area contributed by atoms with Crippen molar-refractivity contribution in [3.63, 3.8) is 0 Å². The highest BCUT2D eigenvalue weighted by molar-refractivity contribution is 7.98. The second-order valence-corrected chi connectivity index (χ2v) is 9.05. The fourth-order valence-corrected chi connectivity index (χ4v) is 4.65.